The Labute approximate surface area is 111 Å². The molecule has 0 radical (unpaired) electrons. The average molecular weight is 297 g/mol. The quantitative estimate of drug-likeness (QED) is 0.606. The number of carbonyl (C=O) groups excluding carboxylic acids is 1. The van der Waals surface area contributed by atoms with Crippen LogP contribution in [0.3, 0.4) is 0 Å². The van der Waals surface area contributed by atoms with Gasteiger partial charge in [-0.15, -0.1) is 0 Å². The SMILES string of the molecule is Cc1ccc(C=CC(=O)OC(C)(C)C)c(Br)c1. The lowest BCUT2D eigenvalue weighted by Crippen LogP contribution is -2.22. The Hall–Kier alpha value is -1.09. The van der Waals surface area contributed by atoms with E-state index in [0.29, 0.717) is 0 Å². The maximum atomic E-state index is 11.5. The molecule has 0 N–H and O–H groups in total. The van der Waals surface area contributed by atoms with Gasteiger partial charge in [-0.3, -0.25) is 0 Å². The van der Waals surface area contributed by atoms with Gasteiger partial charge in [0.05, 0.1) is 0 Å². The van der Waals surface area contributed by atoms with Crippen molar-refractivity contribution in [2.24, 2.45) is 0 Å². The molecule has 0 bridgehead atoms. The predicted octanol–water partition coefficient (Wildman–Crippen LogP) is 4.11. The topological polar surface area (TPSA) is 26.3 Å². The summed E-state index contributed by atoms with van der Waals surface area (Å²) in [5.41, 5.74) is 1.68. The zero-order valence-corrected chi connectivity index (χ0v) is 12.2. The third-order valence-corrected chi connectivity index (χ3v) is 2.65. The minimum Gasteiger partial charge on any atom is -0.457 e. The second kappa shape index (κ2) is 5.50. The van der Waals surface area contributed by atoms with Gasteiger partial charge in [0.25, 0.3) is 0 Å². The highest BCUT2D eigenvalue weighted by Crippen LogP contribution is 2.19. The maximum absolute atomic E-state index is 11.5. The summed E-state index contributed by atoms with van der Waals surface area (Å²) in [6.45, 7) is 7.56. The lowest BCUT2D eigenvalue weighted by atomic mass is 10.1. The van der Waals surface area contributed by atoms with E-state index in [1.165, 1.54) is 11.6 Å². The fourth-order valence-corrected chi connectivity index (χ4v) is 1.89. The van der Waals surface area contributed by atoms with Gasteiger partial charge < -0.3 is 4.74 Å². The van der Waals surface area contributed by atoms with Gasteiger partial charge in [-0.25, -0.2) is 4.79 Å². The number of hydrogen-bond donors (Lipinski definition) is 0. The van der Waals surface area contributed by atoms with E-state index in [1.54, 1.807) is 6.08 Å². The van der Waals surface area contributed by atoms with E-state index in [4.69, 9.17) is 4.74 Å². The van der Waals surface area contributed by atoms with Gasteiger partial charge in [-0.2, -0.15) is 0 Å². The molecule has 0 fully saturated rings. The normalized spacial score (nSPS) is 11.8. The first kappa shape index (κ1) is 14.0. The molecule has 0 aromatic heterocycles. The molecule has 0 heterocycles. The van der Waals surface area contributed by atoms with Gasteiger partial charge in [-0.1, -0.05) is 28.1 Å². The molecule has 0 atom stereocenters. The van der Waals surface area contributed by atoms with Crippen LogP contribution in [0.25, 0.3) is 6.08 Å². The summed E-state index contributed by atoms with van der Waals surface area (Å²) in [5, 5.41) is 0. The Morgan fingerprint density at radius 1 is 1.35 bits per heavy atom. The van der Waals surface area contributed by atoms with Gasteiger partial charge >= 0.3 is 5.97 Å². The number of rotatable bonds is 2. The predicted molar refractivity (Wildman–Crippen MR) is 73.8 cm³/mol. The first-order valence-electron chi connectivity index (χ1n) is 5.45. The Bertz CT molecular complexity index is 442. The van der Waals surface area contributed by atoms with Crippen LogP contribution in [0.2, 0.25) is 0 Å². The Kier molecular flexibility index (Phi) is 4.52. The van der Waals surface area contributed by atoms with Crippen molar-refractivity contribution in [2.45, 2.75) is 33.3 Å². The molecule has 1 aromatic carbocycles. The Balaban J connectivity index is 2.74. The van der Waals surface area contributed by atoms with Crippen LogP contribution in [0.1, 0.15) is 31.9 Å². The maximum Gasteiger partial charge on any atom is 0.331 e. The van der Waals surface area contributed by atoms with Crippen LogP contribution in [0.4, 0.5) is 0 Å². The Morgan fingerprint density at radius 3 is 2.53 bits per heavy atom. The standard InChI is InChI=1S/C14H17BrO2/c1-10-5-6-11(12(15)9-10)7-8-13(16)17-14(2,3)4/h5-9H,1-4H3. The molecule has 0 unspecified atom stereocenters. The van der Waals surface area contributed by atoms with Crippen LogP contribution in [-0.2, 0) is 9.53 Å². The molecule has 0 aliphatic heterocycles. The number of benzene rings is 1. The van der Waals surface area contributed by atoms with Crippen LogP contribution in [0, 0.1) is 6.92 Å². The highest BCUT2D eigenvalue weighted by atomic mass is 79.9. The fourth-order valence-electron chi connectivity index (χ4n) is 1.26. The number of halogens is 1. The summed E-state index contributed by atoms with van der Waals surface area (Å²) in [5.74, 6) is -0.329. The van der Waals surface area contributed by atoms with Crippen molar-refractivity contribution >= 4 is 28.0 Å². The van der Waals surface area contributed by atoms with Crippen LogP contribution < -0.4 is 0 Å². The smallest absolute Gasteiger partial charge is 0.331 e. The van der Waals surface area contributed by atoms with Crippen molar-refractivity contribution in [3.63, 3.8) is 0 Å². The highest BCUT2D eigenvalue weighted by molar-refractivity contribution is 9.10. The molecule has 0 aliphatic carbocycles. The van der Waals surface area contributed by atoms with Crippen LogP contribution in [0.15, 0.2) is 28.7 Å². The minimum absolute atomic E-state index is 0.329. The molecular weight excluding hydrogens is 280 g/mol. The largest absolute Gasteiger partial charge is 0.457 e. The molecule has 0 amide bonds. The molecule has 2 nitrogen and oxygen atoms in total. The van der Waals surface area contributed by atoms with Crippen LogP contribution >= 0.6 is 15.9 Å². The number of hydrogen-bond acceptors (Lipinski definition) is 2. The third-order valence-electron chi connectivity index (χ3n) is 1.96. The van der Waals surface area contributed by atoms with E-state index in [0.717, 1.165) is 10.0 Å². The van der Waals surface area contributed by atoms with Crippen LogP contribution in [0.5, 0.6) is 0 Å². The molecule has 3 heteroatoms. The van der Waals surface area contributed by atoms with E-state index >= 15 is 0 Å². The van der Waals surface area contributed by atoms with Crippen molar-refractivity contribution in [1.82, 2.24) is 0 Å². The second-order valence-electron chi connectivity index (χ2n) is 4.89. The van der Waals surface area contributed by atoms with Gasteiger partial charge in [0.1, 0.15) is 5.60 Å². The number of aryl methyl sites for hydroxylation is 1. The summed E-state index contributed by atoms with van der Waals surface area (Å²) in [7, 11) is 0. The van der Waals surface area contributed by atoms with Crippen molar-refractivity contribution in [1.29, 1.82) is 0 Å². The second-order valence-corrected chi connectivity index (χ2v) is 5.75. The molecular formula is C14H17BrO2. The van der Waals surface area contributed by atoms with Gasteiger partial charge in [-0.05, 0) is 51.0 Å². The molecule has 1 aromatic rings. The third kappa shape index (κ3) is 5.18. The van der Waals surface area contributed by atoms with E-state index < -0.39 is 5.60 Å². The lowest BCUT2D eigenvalue weighted by Gasteiger charge is -2.17. The summed E-state index contributed by atoms with van der Waals surface area (Å²) in [6.07, 6.45) is 3.19. The lowest BCUT2D eigenvalue weighted by molar-refractivity contribution is -0.148. The fraction of sp³-hybridized carbons (Fsp3) is 0.357. The zero-order chi connectivity index (χ0) is 13.1. The van der Waals surface area contributed by atoms with E-state index in [-0.39, 0.29) is 5.97 Å². The summed E-state index contributed by atoms with van der Waals surface area (Å²) in [4.78, 5) is 11.5. The van der Waals surface area contributed by atoms with Crippen molar-refractivity contribution in [3.05, 3.63) is 39.9 Å². The molecule has 92 valence electrons. The van der Waals surface area contributed by atoms with E-state index in [1.807, 2.05) is 45.9 Å². The number of esters is 1. The van der Waals surface area contributed by atoms with Crippen molar-refractivity contribution in [2.75, 3.05) is 0 Å². The summed E-state index contributed by atoms with van der Waals surface area (Å²) >= 11 is 3.46. The molecule has 0 spiro atoms. The van der Waals surface area contributed by atoms with E-state index in [9.17, 15) is 4.79 Å². The summed E-state index contributed by atoms with van der Waals surface area (Å²) in [6, 6.07) is 5.97. The van der Waals surface area contributed by atoms with Crippen molar-refractivity contribution < 1.29 is 9.53 Å². The number of ether oxygens (including phenoxy) is 1. The minimum atomic E-state index is -0.452. The highest BCUT2D eigenvalue weighted by Gasteiger charge is 2.13. The van der Waals surface area contributed by atoms with Crippen LogP contribution in [-0.4, -0.2) is 11.6 Å². The van der Waals surface area contributed by atoms with E-state index in [2.05, 4.69) is 15.9 Å². The summed E-state index contributed by atoms with van der Waals surface area (Å²) < 4.78 is 6.15. The number of carbonyl (C=O) groups is 1. The molecule has 0 saturated carbocycles. The Morgan fingerprint density at radius 2 is 2.00 bits per heavy atom. The molecule has 1 rings (SSSR count). The van der Waals surface area contributed by atoms with Gasteiger partial charge in [0, 0.05) is 10.5 Å². The molecule has 17 heavy (non-hydrogen) atoms. The van der Waals surface area contributed by atoms with Gasteiger partial charge in [0.15, 0.2) is 0 Å². The molecule has 0 aliphatic rings. The van der Waals surface area contributed by atoms with Gasteiger partial charge in [0.2, 0.25) is 0 Å². The average Bonchev–Trinajstić information content (AvgIpc) is 2.13. The zero-order valence-electron chi connectivity index (χ0n) is 10.6. The van der Waals surface area contributed by atoms with Crippen molar-refractivity contribution in [3.8, 4) is 0 Å². The first-order valence-corrected chi connectivity index (χ1v) is 6.24. The first-order chi connectivity index (χ1) is 7.78. The monoisotopic (exact) mass is 296 g/mol. The molecule has 0 saturated heterocycles.